The fourth-order valence-corrected chi connectivity index (χ4v) is 4.49. The van der Waals surface area contributed by atoms with Crippen LogP contribution in [-0.2, 0) is 4.74 Å². The Labute approximate surface area is 218 Å². The SMILES string of the molecule is CC1(C)CCC(CNC(=O)c2ccc(F)c(NC(=O)c3cnc4cc(-c5cncc(C=O)c5)ccn34)c2)O1. The number of ether oxygens (including phenoxy) is 1. The van der Waals surface area contributed by atoms with E-state index in [0.717, 1.165) is 36.3 Å². The van der Waals surface area contributed by atoms with Gasteiger partial charge in [-0.05, 0) is 68.7 Å². The molecule has 1 aliphatic rings. The van der Waals surface area contributed by atoms with Crippen molar-refractivity contribution in [1.29, 1.82) is 0 Å². The van der Waals surface area contributed by atoms with Crippen LogP contribution in [0, 0.1) is 5.82 Å². The van der Waals surface area contributed by atoms with Gasteiger partial charge in [-0.3, -0.25) is 23.8 Å². The maximum atomic E-state index is 14.5. The number of pyridine rings is 2. The summed E-state index contributed by atoms with van der Waals surface area (Å²) < 4.78 is 22.0. The van der Waals surface area contributed by atoms with Crippen molar-refractivity contribution < 1.29 is 23.5 Å². The van der Waals surface area contributed by atoms with Gasteiger partial charge in [0.2, 0.25) is 0 Å². The molecule has 10 heteroatoms. The van der Waals surface area contributed by atoms with Crippen LogP contribution in [0.5, 0.6) is 0 Å². The molecule has 0 spiro atoms. The van der Waals surface area contributed by atoms with Gasteiger partial charge in [-0.15, -0.1) is 0 Å². The van der Waals surface area contributed by atoms with Crippen LogP contribution in [0.3, 0.4) is 0 Å². The summed E-state index contributed by atoms with van der Waals surface area (Å²) in [7, 11) is 0. The van der Waals surface area contributed by atoms with E-state index >= 15 is 0 Å². The van der Waals surface area contributed by atoms with Gasteiger partial charge in [-0.2, -0.15) is 0 Å². The van der Waals surface area contributed by atoms with E-state index in [0.29, 0.717) is 17.8 Å². The summed E-state index contributed by atoms with van der Waals surface area (Å²) in [4.78, 5) is 45.1. The molecule has 1 atom stereocenters. The Hall–Kier alpha value is -4.44. The molecule has 38 heavy (non-hydrogen) atoms. The number of hydrogen-bond donors (Lipinski definition) is 2. The summed E-state index contributed by atoms with van der Waals surface area (Å²) in [6, 6.07) is 9.03. The van der Waals surface area contributed by atoms with E-state index in [1.807, 2.05) is 13.8 Å². The number of amides is 2. The zero-order chi connectivity index (χ0) is 26.9. The molecule has 4 aromatic rings. The van der Waals surface area contributed by atoms with Gasteiger partial charge >= 0.3 is 0 Å². The Kier molecular flexibility index (Phi) is 6.73. The van der Waals surface area contributed by atoms with Gasteiger partial charge < -0.3 is 15.4 Å². The van der Waals surface area contributed by atoms with Crippen LogP contribution >= 0.6 is 0 Å². The first kappa shape index (κ1) is 25.2. The minimum absolute atomic E-state index is 0.0746. The van der Waals surface area contributed by atoms with Gasteiger partial charge in [0, 0.05) is 41.8 Å². The van der Waals surface area contributed by atoms with Crippen molar-refractivity contribution in [3.05, 3.63) is 83.8 Å². The number of carbonyl (C=O) groups excluding carboxylic acids is 3. The normalized spacial score (nSPS) is 16.3. The maximum absolute atomic E-state index is 14.5. The first-order valence-corrected chi connectivity index (χ1v) is 12.2. The average molecular weight is 516 g/mol. The van der Waals surface area contributed by atoms with E-state index in [2.05, 4.69) is 20.6 Å². The molecule has 9 nitrogen and oxygen atoms in total. The van der Waals surface area contributed by atoms with Gasteiger partial charge in [-0.25, -0.2) is 9.37 Å². The lowest BCUT2D eigenvalue weighted by Gasteiger charge is -2.19. The predicted octanol–water partition coefficient (Wildman–Crippen LogP) is 4.29. The van der Waals surface area contributed by atoms with Crippen molar-refractivity contribution in [3.63, 3.8) is 0 Å². The zero-order valence-electron chi connectivity index (χ0n) is 20.9. The molecule has 1 saturated heterocycles. The number of halogens is 1. The summed E-state index contributed by atoms with van der Waals surface area (Å²) in [5, 5.41) is 5.36. The van der Waals surface area contributed by atoms with Crippen molar-refractivity contribution in [2.24, 2.45) is 0 Å². The Morgan fingerprint density at radius 3 is 2.74 bits per heavy atom. The van der Waals surface area contributed by atoms with Crippen LogP contribution in [-0.4, -0.2) is 50.7 Å². The van der Waals surface area contributed by atoms with Gasteiger partial charge in [0.1, 0.15) is 17.2 Å². The van der Waals surface area contributed by atoms with Crippen molar-refractivity contribution in [2.75, 3.05) is 11.9 Å². The first-order valence-electron chi connectivity index (χ1n) is 12.2. The van der Waals surface area contributed by atoms with Crippen molar-refractivity contribution in [2.45, 2.75) is 38.4 Å². The third-order valence-corrected chi connectivity index (χ3v) is 6.50. The van der Waals surface area contributed by atoms with Crippen LogP contribution in [0.4, 0.5) is 10.1 Å². The highest BCUT2D eigenvalue weighted by Crippen LogP contribution is 2.29. The molecule has 0 bridgehead atoms. The quantitative estimate of drug-likeness (QED) is 0.355. The smallest absolute Gasteiger partial charge is 0.274 e. The summed E-state index contributed by atoms with van der Waals surface area (Å²) >= 11 is 0. The summed E-state index contributed by atoms with van der Waals surface area (Å²) in [6.45, 7) is 4.37. The monoisotopic (exact) mass is 515 g/mol. The molecule has 0 aliphatic carbocycles. The number of aldehydes is 1. The zero-order valence-corrected chi connectivity index (χ0v) is 20.9. The molecule has 1 aromatic carbocycles. The maximum Gasteiger partial charge on any atom is 0.274 e. The number of nitrogens with one attached hydrogen (secondary N) is 2. The van der Waals surface area contributed by atoms with Crippen LogP contribution in [0.15, 0.2) is 61.2 Å². The van der Waals surface area contributed by atoms with E-state index in [1.165, 1.54) is 24.5 Å². The second-order valence-electron chi connectivity index (χ2n) is 9.81. The van der Waals surface area contributed by atoms with Gasteiger partial charge in [0.05, 0.1) is 23.6 Å². The van der Waals surface area contributed by atoms with E-state index in [1.54, 1.807) is 35.0 Å². The number of hydrogen-bond acceptors (Lipinski definition) is 6. The lowest BCUT2D eigenvalue weighted by molar-refractivity contribution is -0.0138. The fourth-order valence-electron chi connectivity index (χ4n) is 4.49. The second kappa shape index (κ2) is 10.1. The molecule has 3 aromatic heterocycles. The number of carbonyl (C=O) groups is 3. The summed E-state index contributed by atoms with van der Waals surface area (Å²) in [5.74, 6) is -1.65. The highest BCUT2D eigenvalue weighted by molar-refractivity contribution is 6.04. The number of anilines is 1. The minimum Gasteiger partial charge on any atom is -0.371 e. The Morgan fingerprint density at radius 2 is 1.97 bits per heavy atom. The molecule has 1 fully saturated rings. The van der Waals surface area contributed by atoms with Crippen molar-refractivity contribution in [1.82, 2.24) is 19.7 Å². The lowest BCUT2D eigenvalue weighted by Crippen LogP contribution is -2.33. The third kappa shape index (κ3) is 5.30. The molecule has 4 heterocycles. The molecule has 2 N–H and O–H groups in total. The average Bonchev–Trinajstić information content (AvgIpc) is 3.50. The van der Waals surface area contributed by atoms with Gasteiger partial charge in [0.25, 0.3) is 11.8 Å². The fraction of sp³-hybridized carbons (Fsp3) is 0.250. The standard InChI is InChI=1S/C28H26FN5O4/c1-28(2)7-5-21(38-28)14-32-26(36)19-3-4-22(29)23(10-19)33-27(37)24-15-31-25-11-18(6-8-34(24)25)20-9-17(16-35)12-30-13-20/h3-4,6,8-13,15-16,21H,5,7,14H2,1-2H3,(H,32,36)(H,33,37). The van der Waals surface area contributed by atoms with E-state index in [-0.39, 0.29) is 34.6 Å². The minimum atomic E-state index is -0.672. The summed E-state index contributed by atoms with van der Waals surface area (Å²) in [5.41, 5.74) is 2.49. The lowest BCUT2D eigenvalue weighted by atomic mass is 10.1. The van der Waals surface area contributed by atoms with Crippen molar-refractivity contribution in [3.8, 4) is 11.1 Å². The molecule has 194 valence electrons. The van der Waals surface area contributed by atoms with E-state index < -0.39 is 11.7 Å². The Morgan fingerprint density at radius 1 is 1.13 bits per heavy atom. The Balaban J connectivity index is 1.30. The molecular weight excluding hydrogens is 489 g/mol. The van der Waals surface area contributed by atoms with Gasteiger partial charge in [-0.1, -0.05) is 0 Å². The second-order valence-corrected chi connectivity index (χ2v) is 9.81. The third-order valence-electron chi connectivity index (χ3n) is 6.50. The highest BCUT2D eigenvalue weighted by Gasteiger charge is 2.31. The van der Waals surface area contributed by atoms with E-state index in [4.69, 9.17) is 4.74 Å². The van der Waals surface area contributed by atoms with Crippen LogP contribution < -0.4 is 10.6 Å². The largest absolute Gasteiger partial charge is 0.371 e. The molecule has 0 radical (unpaired) electrons. The van der Waals surface area contributed by atoms with Gasteiger partial charge in [0.15, 0.2) is 6.29 Å². The number of imidazole rings is 1. The number of fused-ring (bicyclic) bond motifs is 1. The number of rotatable bonds is 7. The van der Waals surface area contributed by atoms with Crippen LogP contribution in [0.2, 0.25) is 0 Å². The highest BCUT2D eigenvalue weighted by atomic mass is 19.1. The Bertz CT molecular complexity index is 1550. The first-order chi connectivity index (χ1) is 18.2. The predicted molar refractivity (Wildman–Crippen MR) is 139 cm³/mol. The van der Waals surface area contributed by atoms with Crippen molar-refractivity contribution >= 4 is 29.4 Å². The van der Waals surface area contributed by atoms with Crippen LogP contribution in [0.25, 0.3) is 16.8 Å². The molecule has 1 unspecified atom stereocenters. The van der Waals surface area contributed by atoms with Crippen LogP contribution in [0.1, 0.15) is 57.9 Å². The molecule has 5 rings (SSSR count). The number of benzene rings is 1. The topological polar surface area (TPSA) is 115 Å². The van der Waals surface area contributed by atoms with E-state index in [9.17, 15) is 18.8 Å². The molecule has 0 saturated carbocycles. The number of nitrogens with zero attached hydrogens (tertiary/aromatic N) is 3. The molecular formula is C28H26FN5O4. The number of aromatic nitrogens is 3. The summed E-state index contributed by atoms with van der Waals surface area (Å²) in [6.07, 6.45) is 8.54. The molecule has 1 aliphatic heterocycles. The molecule has 2 amide bonds.